The van der Waals surface area contributed by atoms with Gasteiger partial charge < -0.3 is 79.8 Å². The molecule has 9 aromatic rings. The quantitative estimate of drug-likeness (QED) is 0.0532. The van der Waals surface area contributed by atoms with Gasteiger partial charge in [0.15, 0.2) is 6.10 Å². The number of rotatable bonds is 14. The Morgan fingerprint density at radius 1 is 0.425 bits per heavy atom. The van der Waals surface area contributed by atoms with Crippen molar-refractivity contribution in [2.24, 2.45) is 0 Å². The third-order valence-corrected chi connectivity index (χ3v) is 20.1. The zero-order valence-electron chi connectivity index (χ0n) is 59.5. The van der Waals surface area contributed by atoms with Gasteiger partial charge >= 0.3 is 11.6 Å². The number of nitrogens with one attached hydrogen (secondary N) is 4. The lowest BCUT2D eigenvalue weighted by Crippen LogP contribution is -2.41. The largest absolute Gasteiger partial charge is 0.496 e. The van der Waals surface area contributed by atoms with E-state index in [0.29, 0.717) is 95.1 Å². The summed E-state index contributed by atoms with van der Waals surface area (Å²) >= 11 is 0. The fraction of sp³-hybridized carbons (Fsp3) is 0.309. The van der Waals surface area contributed by atoms with Crippen molar-refractivity contribution < 1.29 is 80.8 Å². The summed E-state index contributed by atoms with van der Waals surface area (Å²) in [5, 5.41) is 31.8. The van der Waals surface area contributed by atoms with Gasteiger partial charge in [0.25, 0.3) is 0 Å². The third kappa shape index (κ3) is 14.9. The van der Waals surface area contributed by atoms with Gasteiger partial charge in [-0.2, -0.15) is 13.8 Å². The van der Waals surface area contributed by atoms with Gasteiger partial charge in [0.2, 0.25) is 29.9 Å². The Hall–Kier alpha value is -11.5. The average Bonchev–Trinajstić information content (AvgIpc) is 0.768. The number of nitrogen functional groups attached to an aromatic ring is 1. The van der Waals surface area contributed by atoms with Crippen LogP contribution in [0.3, 0.4) is 0 Å². The molecule has 3 aliphatic heterocycles. The van der Waals surface area contributed by atoms with Crippen LogP contribution in [0.1, 0.15) is 147 Å². The molecule has 1 saturated heterocycles. The maximum absolute atomic E-state index is 15.7. The minimum atomic E-state index is -3.71. The van der Waals surface area contributed by atoms with Crippen molar-refractivity contribution in [3.63, 3.8) is 0 Å². The summed E-state index contributed by atoms with van der Waals surface area (Å²) in [7, 11) is 12.5. The number of nitrogens with zero attached hydrogens (tertiary/aromatic N) is 2. The number of carbonyl (C=O) groups excluding carboxylic acids is 4. The van der Waals surface area contributed by atoms with Crippen molar-refractivity contribution in [2.75, 3.05) is 69.2 Å². The van der Waals surface area contributed by atoms with Gasteiger partial charge in [-0.15, -0.1) is 0 Å². The lowest BCUT2D eigenvalue weighted by molar-refractivity contribution is -0.140. The number of hydrogen-bond acceptors (Lipinski definition) is 18. The topological polar surface area (TPSA) is 301 Å². The van der Waals surface area contributed by atoms with E-state index < -0.39 is 84.5 Å². The number of aliphatic hydroxyl groups excluding tert-OH is 2. The van der Waals surface area contributed by atoms with Crippen LogP contribution in [0.15, 0.2) is 187 Å². The first-order valence-corrected chi connectivity index (χ1v) is 34.4. The second kappa shape index (κ2) is 32.2. The Bertz CT molecular complexity index is 4250. The molecule has 1 fully saturated rings. The average molecular weight is 1450 g/mol. The molecule has 0 spiro atoms. The zero-order chi connectivity index (χ0) is 75.1. The Morgan fingerprint density at radius 3 is 0.877 bits per heavy atom. The fourth-order valence-corrected chi connectivity index (χ4v) is 15.0. The highest BCUT2D eigenvalue weighted by molar-refractivity contribution is 5.84. The van der Waals surface area contributed by atoms with Crippen molar-refractivity contribution in [3.8, 4) is 46.0 Å². The van der Waals surface area contributed by atoms with E-state index in [2.05, 4.69) is 26.3 Å². The number of alkyl halides is 2. The highest BCUT2D eigenvalue weighted by atomic mass is 19.3. The highest BCUT2D eigenvalue weighted by Gasteiger charge is 2.59. The number of anilines is 1. The normalized spacial score (nSPS) is 22.6. The molecule has 7 atom stereocenters. The van der Waals surface area contributed by atoms with Gasteiger partial charge in [0.05, 0.1) is 87.7 Å². The van der Waals surface area contributed by atoms with E-state index >= 15 is 19.2 Å². The summed E-state index contributed by atoms with van der Waals surface area (Å²) in [6, 6.07) is 51.1. The molecule has 23 nitrogen and oxygen atoms in total. The number of methoxy groups -OCH3 is 8. The van der Waals surface area contributed by atoms with Crippen molar-refractivity contribution in [2.45, 2.75) is 97.9 Å². The number of benzene rings is 8. The highest BCUT2D eigenvalue weighted by Crippen LogP contribution is 2.54. The van der Waals surface area contributed by atoms with Crippen molar-refractivity contribution in [3.05, 3.63) is 259 Å². The standard InChI is InChI=1S/C72H72N4O12.C9H11F2N3O4/c1-81-57-37-58(82-2)50-29-49(57)45-33-65(77)73-69(41-21-13-9-14-22-41)70(42-23-15-10-16-24-42)74-66(78)34-46(50)55-32-56(64(88-8)40-63(55)87-7)48-36-68(80)76-72(44-27-19-12-20-28-44)71(43-25-17-11-18-26-43)75-67(79)35-47(51-30-52(48)60(84-4)38-59(51)83-3)54-31-53(45)61(85-5)39-62(54)86-6;10-9(11)6(16)4(3-15)18-7(9)14-2-1-5(12)13-8(14)17/h9-32,37-40,45-48,69-72H,33-36H2,1-8H3,(H,73,77)(H,74,78)(H,75,79)(H,76,80);1-2,4,6-7,15-16H,3H2,(H2,12,13,17)/t45?,46?,47?,48?,69-,70-,71-,72-;4-,6-,7-/m01/s1. The summed E-state index contributed by atoms with van der Waals surface area (Å²) in [5.41, 5.74) is 11.6. The van der Waals surface area contributed by atoms with Crippen LogP contribution in [-0.4, -0.2) is 125 Å². The van der Waals surface area contributed by atoms with E-state index in [1.54, 1.807) is 81.1 Å². The van der Waals surface area contributed by atoms with Crippen LogP contribution in [-0.2, 0) is 23.9 Å². The molecule has 1 aromatic heterocycles. The molecule has 4 aliphatic rings. The number of halogens is 2. The van der Waals surface area contributed by atoms with Crippen LogP contribution in [0, 0.1) is 0 Å². The molecule has 0 unspecified atom stereocenters. The third-order valence-electron chi connectivity index (χ3n) is 20.1. The van der Waals surface area contributed by atoms with Gasteiger partial charge in [-0.05, 0) is 52.6 Å². The predicted molar refractivity (Wildman–Crippen MR) is 388 cm³/mol. The van der Waals surface area contributed by atoms with E-state index in [-0.39, 0.29) is 55.1 Å². The molecule has 552 valence electrons. The van der Waals surface area contributed by atoms with E-state index in [0.717, 1.165) is 34.5 Å². The number of amides is 4. The molecule has 12 bridgehead atoms. The molecule has 4 heterocycles. The van der Waals surface area contributed by atoms with Gasteiger partial charge in [0.1, 0.15) is 57.9 Å². The van der Waals surface area contributed by atoms with Crippen LogP contribution >= 0.6 is 0 Å². The number of nitrogens with two attached hydrogens (primary N) is 1. The van der Waals surface area contributed by atoms with Gasteiger partial charge in [0, 0.05) is 124 Å². The molecule has 8 N–H and O–H groups in total. The summed E-state index contributed by atoms with van der Waals surface area (Å²) in [4.78, 5) is 77.6. The molecule has 0 saturated carbocycles. The fourth-order valence-electron chi connectivity index (χ4n) is 15.0. The Labute approximate surface area is 610 Å². The Kier molecular flexibility index (Phi) is 22.6. The maximum Gasteiger partial charge on any atom is 0.351 e. The number of hydrogen-bond donors (Lipinski definition) is 7. The molecule has 106 heavy (non-hydrogen) atoms. The number of ether oxygens (including phenoxy) is 9. The minimum absolute atomic E-state index is 0.114. The van der Waals surface area contributed by atoms with Crippen LogP contribution in [0.5, 0.6) is 46.0 Å². The number of aromatic nitrogens is 2. The lowest BCUT2D eigenvalue weighted by Gasteiger charge is -2.31. The molecule has 0 radical (unpaired) electrons. The summed E-state index contributed by atoms with van der Waals surface area (Å²) in [5.74, 6) is -5.83. The van der Waals surface area contributed by atoms with Gasteiger partial charge in [-0.1, -0.05) is 121 Å². The molecule has 8 aromatic carbocycles. The van der Waals surface area contributed by atoms with Crippen LogP contribution < -0.4 is 70.6 Å². The summed E-state index contributed by atoms with van der Waals surface area (Å²) in [6.45, 7) is -0.787. The van der Waals surface area contributed by atoms with E-state index in [1.807, 2.05) is 146 Å². The molecule has 25 heteroatoms. The van der Waals surface area contributed by atoms with Crippen molar-refractivity contribution in [1.82, 2.24) is 30.8 Å². The first-order chi connectivity index (χ1) is 51.3. The lowest BCUT2D eigenvalue weighted by atomic mass is 9.77. The number of carbonyl (C=O) groups is 4. The number of fused-ring (bicyclic) bond motifs is 8. The second-order valence-corrected chi connectivity index (χ2v) is 26.1. The predicted octanol–water partition coefficient (Wildman–Crippen LogP) is 10.3. The van der Waals surface area contributed by atoms with E-state index in [4.69, 9.17) is 53.5 Å². The molecular formula is C81H83F2N7O16. The SMILES string of the molecule is COc1cc(OC)c2cc1C1CC(=O)N[C@@H](c3ccccc3)[C@H](c3ccccc3)NC(=O)CC2c2cc(c(OC)cc2OC)C2CC(=O)N[C@@H](c3ccccc3)[C@H](c3ccccc3)NC(=O)CC(c3cc2c(OC)cc3OC)c2cc1c(OC)cc2OC.Nc1ccn([C@@H]2O[C@H](CO)[C@@H](O)C2(F)F)c(=O)n1. The Balaban J connectivity index is 0.000000509. The first-order valence-electron chi connectivity index (χ1n) is 34.4. The maximum atomic E-state index is 15.7. The molecular weight excluding hydrogens is 1360 g/mol. The van der Waals surface area contributed by atoms with E-state index in [1.165, 1.54) is 0 Å². The monoisotopic (exact) mass is 1450 g/mol. The van der Waals surface area contributed by atoms with Crippen LogP contribution in [0.25, 0.3) is 0 Å². The first kappa shape index (κ1) is 74.2. The smallest absolute Gasteiger partial charge is 0.351 e. The van der Waals surface area contributed by atoms with Crippen molar-refractivity contribution >= 4 is 29.4 Å². The zero-order valence-corrected chi connectivity index (χ0v) is 59.5. The molecule has 13 rings (SSSR count). The van der Waals surface area contributed by atoms with Crippen LogP contribution in [0.2, 0.25) is 0 Å². The van der Waals surface area contributed by atoms with Crippen molar-refractivity contribution in [1.29, 1.82) is 0 Å². The minimum Gasteiger partial charge on any atom is -0.496 e. The molecule has 1 aliphatic carbocycles. The second-order valence-electron chi connectivity index (χ2n) is 26.1. The summed E-state index contributed by atoms with van der Waals surface area (Å²) in [6.07, 6.45) is -5.44. The molecule has 4 amide bonds. The van der Waals surface area contributed by atoms with Gasteiger partial charge in [-0.3, -0.25) is 23.7 Å². The number of aliphatic hydroxyl groups is 2. The Morgan fingerprint density at radius 2 is 0.670 bits per heavy atom. The summed E-state index contributed by atoms with van der Waals surface area (Å²) < 4.78 is 83.7. The van der Waals surface area contributed by atoms with Gasteiger partial charge in [-0.25, -0.2) is 4.79 Å². The van der Waals surface area contributed by atoms with E-state index in [9.17, 15) is 18.7 Å². The van der Waals surface area contributed by atoms with Crippen LogP contribution in [0.4, 0.5) is 14.6 Å².